The van der Waals surface area contributed by atoms with E-state index in [-0.39, 0.29) is 53.3 Å². The molecule has 0 spiro atoms. The van der Waals surface area contributed by atoms with E-state index in [9.17, 15) is 9.59 Å². The van der Waals surface area contributed by atoms with Gasteiger partial charge in [-0.05, 0) is 60.7 Å². The van der Waals surface area contributed by atoms with Crippen LogP contribution in [-0.2, 0) is 29.8 Å². The minimum absolute atomic E-state index is 0. The average molecular weight is 650 g/mol. The van der Waals surface area contributed by atoms with Gasteiger partial charge >= 0.3 is 0 Å². The molecule has 3 heterocycles. The standard InChI is InChI=1S/C37H37N4O2.BrH/c1-26-20-32-33(21-27(26)2)39(25-38(32)23-34(42)29-14-8-5-9-15-29)24-35(43)40-19-18-37(3)30-16-10-11-17-31(30)41(36(37)40)22-28-12-6-4-7-13-28;/h4-17,20-21,25,36H,18-19,22-24H2,1-3H3;1H/q+1;/p-1. The molecule has 0 aliphatic carbocycles. The number of Topliss-reactive ketones (excluding diaryl/α,β-unsaturated/α-hetero) is 1. The molecule has 5 aromatic rings. The number of aryl methyl sites for hydroxylation is 2. The lowest BCUT2D eigenvalue weighted by Crippen LogP contribution is -3.00. The molecule has 6 nitrogen and oxygen atoms in total. The van der Waals surface area contributed by atoms with Crippen molar-refractivity contribution in [2.75, 3.05) is 11.4 Å². The normalized spacial score (nSPS) is 18.7. The summed E-state index contributed by atoms with van der Waals surface area (Å²) >= 11 is 0. The zero-order valence-electron chi connectivity index (χ0n) is 25.4. The molecule has 4 aromatic carbocycles. The first-order valence-corrected chi connectivity index (χ1v) is 15.1. The highest BCUT2D eigenvalue weighted by Gasteiger charge is 2.55. The molecule has 44 heavy (non-hydrogen) atoms. The maximum Gasteiger partial charge on any atom is 0.266 e. The second-order valence-electron chi connectivity index (χ2n) is 12.3. The smallest absolute Gasteiger partial charge is 0.266 e. The van der Waals surface area contributed by atoms with Crippen molar-refractivity contribution in [2.24, 2.45) is 0 Å². The molecule has 0 bridgehead atoms. The minimum atomic E-state index is -0.143. The summed E-state index contributed by atoms with van der Waals surface area (Å²) in [4.78, 5) is 32.0. The number of anilines is 1. The van der Waals surface area contributed by atoms with Crippen LogP contribution in [0.25, 0.3) is 11.0 Å². The third-order valence-corrected chi connectivity index (χ3v) is 9.58. The van der Waals surface area contributed by atoms with Crippen LogP contribution in [0, 0.1) is 13.8 Å². The maximum atomic E-state index is 14.3. The molecule has 0 saturated carbocycles. The molecule has 1 saturated heterocycles. The second-order valence-corrected chi connectivity index (χ2v) is 12.3. The van der Waals surface area contributed by atoms with Gasteiger partial charge in [-0.1, -0.05) is 85.8 Å². The van der Waals surface area contributed by atoms with Crippen LogP contribution in [0.1, 0.15) is 46.0 Å². The predicted molar refractivity (Wildman–Crippen MR) is 169 cm³/mol. The third-order valence-electron chi connectivity index (χ3n) is 9.58. The molecule has 7 heteroatoms. The molecule has 0 radical (unpaired) electrons. The van der Waals surface area contributed by atoms with Crippen LogP contribution in [0.5, 0.6) is 0 Å². The van der Waals surface area contributed by atoms with Gasteiger partial charge in [-0.15, -0.1) is 0 Å². The minimum Gasteiger partial charge on any atom is -1.00 e. The molecular formula is C37H37BrN4O2. The van der Waals surface area contributed by atoms with Gasteiger partial charge in [-0.3, -0.25) is 9.59 Å². The monoisotopic (exact) mass is 648 g/mol. The summed E-state index contributed by atoms with van der Waals surface area (Å²) in [6.45, 7) is 8.39. The van der Waals surface area contributed by atoms with Crippen LogP contribution in [0.2, 0.25) is 0 Å². The van der Waals surface area contributed by atoms with Gasteiger partial charge in [-0.2, -0.15) is 0 Å². The summed E-state index contributed by atoms with van der Waals surface area (Å²) in [5.41, 5.74) is 8.56. The Balaban J connectivity index is 0.00000343. The molecule has 2 aliphatic rings. The molecule has 1 aromatic heterocycles. The summed E-state index contributed by atoms with van der Waals surface area (Å²) in [6.07, 6.45) is 2.81. The Hall–Kier alpha value is -4.23. The van der Waals surface area contributed by atoms with Gasteiger partial charge in [0.05, 0.1) is 0 Å². The van der Waals surface area contributed by atoms with Crippen molar-refractivity contribution in [1.29, 1.82) is 0 Å². The number of nitrogens with zero attached hydrogens (tertiary/aromatic N) is 4. The number of carbonyl (C=O) groups excluding carboxylic acids is 2. The molecule has 1 fully saturated rings. The van der Waals surface area contributed by atoms with Crippen molar-refractivity contribution < 1.29 is 31.1 Å². The Bertz CT molecular complexity index is 1850. The quantitative estimate of drug-likeness (QED) is 0.202. The molecule has 0 N–H and O–H groups in total. The van der Waals surface area contributed by atoms with E-state index in [1.807, 2.05) is 51.9 Å². The van der Waals surface area contributed by atoms with Crippen LogP contribution in [0.4, 0.5) is 5.69 Å². The lowest BCUT2D eigenvalue weighted by atomic mass is 9.81. The highest BCUT2D eigenvalue weighted by atomic mass is 79.9. The highest BCUT2D eigenvalue weighted by molar-refractivity contribution is 5.95. The summed E-state index contributed by atoms with van der Waals surface area (Å²) in [6, 6.07) is 32.8. The van der Waals surface area contributed by atoms with Crippen LogP contribution in [0.3, 0.4) is 0 Å². The molecular weight excluding hydrogens is 612 g/mol. The summed E-state index contributed by atoms with van der Waals surface area (Å²) in [5, 5.41) is 0. The van der Waals surface area contributed by atoms with Crippen molar-refractivity contribution in [3.63, 3.8) is 0 Å². The van der Waals surface area contributed by atoms with Gasteiger partial charge in [0.15, 0.2) is 24.1 Å². The number of ketones is 1. The van der Waals surface area contributed by atoms with Crippen LogP contribution >= 0.6 is 0 Å². The molecule has 2 aliphatic heterocycles. The fraction of sp³-hybridized carbons (Fsp3) is 0.270. The zero-order valence-corrected chi connectivity index (χ0v) is 27.0. The van der Waals surface area contributed by atoms with E-state index in [2.05, 4.69) is 91.2 Å². The largest absolute Gasteiger partial charge is 1.00 e. The third kappa shape index (κ3) is 5.03. The van der Waals surface area contributed by atoms with Crippen molar-refractivity contribution in [2.45, 2.75) is 58.4 Å². The SMILES string of the molecule is Cc1cc2c(cc1C)[n+](CC(=O)c1ccccc1)cn2CC(=O)N1CCC2(C)c3ccccc3N(Cc3ccccc3)C12.[Br-]. The maximum absolute atomic E-state index is 14.3. The highest BCUT2D eigenvalue weighted by Crippen LogP contribution is 2.52. The number of imidazole rings is 1. The Morgan fingerprint density at radius 2 is 1.55 bits per heavy atom. The van der Waals surface area contributed by atoms with Gasteiger partial charge in [0.1, 0.15) is 6.17 Å². The van der Waals surface area contributed by atoms with Gasteiger partial charge in [0.25, 0.3) is 5.91 Å². The second kappa shape index (κ2) is 11.7. The Morgan fingerprint density at radius 1 is 0.886 bits per heavy atom. The van der Waals surface area contributed by atoms with Crippen molar-refractivity contribution in [3.8, 4) is 0 Å². The fourth-order valence-corrected chi connectivity index (χ4v) is 7.18. The number of hydrogen-bond donors (Lipinski definition) is 0. The van der Waals surface area contributed by atoms with Crippen molar-refractivity contribution in [1.82, 2.24) is 9.47 Å². The van der Waals surface area contributed by atoms with Gasteiger partial charge < -0.3 is 26.8 Å². The van der Waals surface area contributed by atoms with Crippen LogP contribution < -0.4 is 26.4 Å². The van der Waals surface area contributed by atoms with Crippen molar-refractivity contribution in [3.05, 3.63) is 131 Å². The summed E-state index contributed by atoms with van der Waals surface area (Å²) in [7, 11) is 0. The molecule has 1 amide bonds. The van der Waals surface area contributed by atoms with Crippen LogP contribution in [0.15, 0.2) is 103 Å². The number of benzene rings is 4. The molecule has 7 rings (SSSR count). The van der Waals surface area contributed by atoms with E-state index in [4.69, 9.17) is 0 Å². The number of rotatable bonds is 7. The van der Waals surface area contributed by atoms with E-state index in [1.54, 1.807) is 0 Å². The van der Waals surface area contributed by atoms with Crippen LogP contribution in [-0.4, -0.2) is 33.9 Å². The van der Waals surface area contributed by atoms with E-state index < -0.39 is 0 Å². The first kappa shape index (κ1) is 29.8. The lowest BCUT2D eigenvalue weighted by molar-refractivity contribution is -0.657. The summed E-state index contributed by atoms with van der Waals surface area (Å²) < 4.78 is 4.02. The Kier molecular flexibility index (Phi) is 7.93. The molecule has 224 valence electrons. The Labute approximate surface area is 269 Å². The number of halogens is 1. The van der Waals surface area contributed by atoms with Gasteiger partial charge in [-0.25, -0.2) is 9.13 Å². The number of hydrogen-bond acceptors (Lipinski definition) is 3. The fourth-order valence-electron chi connectivity index (χ4n) is 7.18. The van der Waals surface area contributed by atoms with E-state index in [1.165, 1.54) is 16.8 Å². The van der Waals surface area contributed by atoms with Gasteiger partial charge in [0.2, 0.25) is 12.1 Å². The van der Waals surface area contributed by atoms with Crippen molar-refractivity contribution >= 4 is 28.4 Å². The first-order chi connectivity index (χ1) is 20.8. The Morgan fingerprint density at radius 3 is 2.30 bits per heavy atom. The lowest BCUT2D eigenvalue weighted by Gasteiger charge is -2.36. The van der Waals surface area contributed by atoms with E-state index in [0.717, 1.165) is 35.1 Å². The number of carbonyl (C=O) groups is 2. The average Bonchev–Trinajstić information content (AvgIpc) is 3.61. The number of aromatic nitrogens is 2. The number of para-hydroxylation sites is 1. The van der Waals surface area contributed by atoms with Gasteiger partial charge in [0, 0.05) is 29.8 Å². The first-order valence-electron chi connectivity index (χ1n) is 15.1. The topological polar surface area (TPSA) is 49.4 Å². The number of likely N-dealkylation sites (tertiary alicyclic amines) is 1. The predicted octanol–water partition coefficient (Wildman–Crippen LogP) is 2.97. The number of fused-ring (bicyclic) bond motifs is 4. The van der Waals surface area contributed by atoms with E-state index >= 15 is 0 Å². The summed E-state index contributed by atoms with van der Waals surface area (Å²) in [5.74, 6) is 0.140. The molecule has 2 unspecified atom stereocenters. The van der Waals surface area contributed by atoms with E-state index in [0.29, 0.717) is 12.1 Å². The molecule has 2 atom stereocenters. The number of amides is 1. The zero-order chi connectivity index (χ0) is 29.7.